The maximum atomic E-state index is 12.3. The number of rotatable bonds is 5. The highest BCUT2D eigenvalue weighted by Crippen LogP contribution is 2.47. The number of anilines is 1. The largest absolute Gasteiger partial charge is 0.337 e. The maximum Gasteiger partial charge on any atom is 0.315 e. The van der Waals surface area contributed by atoms with Crippen molar-refractivity contribution in [3.63, 3.8) is 0 Å². The number of hydrogen-bond acceptors (Lipinski definition) is 2. The average molecular weight is 349 g/mol. The fourth-order valence-corrected chi connectivity index (χ4v) is 3.61. The van der Waals surface area contributed by atoms with Gasteiger partial charge in [0.05, 0.1) is 12.5 Å². The predicted octanol–water partition coefficient (Wildman–Crippen LogP) is 3.27. The van der Waals surface area contributed by atoms with Crippen molar-refractivity contribution in [3.05, 3.63) is 65.2 Å². The van der Waals surface area contributed by atoms with E-state index in [2.05, 4.69) is 28.1 Å². The molecule has 2 aliphatic rings. The minimum absolute atomic E-state index is 0.0196. The van der Waals surface area contributed by atoms with Crippen molar-refractivity contribution >= 4 is 17.6 Å². The van der Waals surface area contributed by atoms with Gasteiger partial charge in [-0.05, 0) is 42.5 Å². The molecule has 0 radical (unpaired) electrons. The lowest BCUT2D eigenvalue weighted by atomic mass is 9.96. The Balaban J connectivity index is 1.34. The molecule has 5 nitrogen and oxygen atoms in total. The third kappa shape index (κ3) is 3.29. The molecule has 0 aromatic heterocycles. The van der Waals surface area contributed by atoms with Crippen LogP contribution in [0.1, 0.15) is 42.5 Å². The van der Waals surface area contributed by atoms with E-state index < -0.39 is 0 Å². The second-order valence-electron chi connectivity index (χ2n) is 7.34. The molecule has 1 atom stereocenters. The maximum absolute atomic E-state index is 12.3. The highest BCUT2D eigenvalue weighted by Gasteiger charge is 2.44. The minimum atomic E-state index is -0.158. The zero-order valence-electron chi connectivity index (χ0n) is 14.8. The van der Waals surface area contributed by atoms with Crippen LogP contribution in [0.15, 0.2) is 48.5 Å². The smallest absolute Gasteiger partial charge is 0.315 e. The molecule has 2 aromatic carbocycles. The van der Waals surface area contributed by atoms with Crippen LogP contribution in [0.2, 0.25) is 0 Å². The van der Waals surface area contributed by atoms with E-state index in [1.54, 1.807) is 0 Å². The van der Waals surface area contributed by atoms with Gasteiger partial charge in [0.15, 0.2) is 0 Å². The molecule has 0 saturated heterocycles. The number of hydrogen-bond donors (Lipinski definition) is 3. The molecule has 26 heavy (non-hydrogen) atoms. The summed E-state index contributed by atoms with van der Waals surface area (Å²) < 4.78 is 0. The second kappa shape index (κ2) is 6.48. The Morgan fingerprint density at radius 2 is 1.96 bits per heavy atom. The Bertz CT molecular complexity index is 844. The summed E-state index contributed by atoms with van der Waals surface area (Å²) in [6.07, 6.45) is 2.62. The first-order valence-electron chi connectivity index (χ1n) is 9.08. The molecule has 1 fully saturated rings. The van der Waals surface area contributed by atoms with E-state index in [9.17, 15) is 9.59 Å². The summed E-state index contributed by atoms with van der Waals surface area (Å²) in [4.78, 5) is 23.8. The summed E-state index contributed by atoms with van der Waals surface area (Å²) in [5.41, 5.74) is 4.25. The molecule has 4 rings (SSSR count). The van der Waals surface area contributed by atoms with Crippen molar-refractivity contribution in [3.8, 4) is 0 Å². The molecule has 0 spiro atoms. The summed E-state index contributed by atoms with van der Waals surface area (Å²) in [7, 11) is 0. The van der Waals surface area contributed by atoms with Crippen molar-refractivity contribution in [2.75, 3.05) is 11.9 Å². The van der Waals surface area contributed by atoms with Gasteiger partial charge < -0.3 is 16.0 Å². The van der Waals surface area contributed by atoms with Crippen molar-refractivity contribution < 1.29 is 9.59 Å². The van der Waals surface area contributed by atoms with E-state index in [1.807, 2.05) is 43.3 Å². The molecule has 1 aliphatic heterocycles. The number of carbonyl (C=O) groups excluding carboxylic acids is 2. The molecular weight excluding hydrogens is 326 g/mol. The molecule has 5 heteroatoms. The zero-order valence-corrected chi connectivity index (χ0v) is 14.8. The van der Waals surface area contributed by atoms with Gasteiger partial charge in [-0.1, -0.05) is 42.5 Å². The van der Waals surface area contributed by atoms with E-state index in [4.69, 9.17) is 0 Å². The van der Waals surface area contributed by atoms with Gasteiger partial charge in [0.1, 0.15) is 0 Å². The molecule has 2 aromatic rings. The quantitative estimate of drug-likeness (QED) is 0.775. The predicted molar refractivity (Wildman–Crippen MR) is 101 cm³/mol. The SMILES string of the molecule is CC(NC(=O)NCC1(c2ccccc2)CC1)c1ccc2c(c1)CC(=O)N2. The van der Waals surface area contributed by atoms with Crippen LogP contribution in [0.3, 0.4) is 0 Å². The number of carbonyl (C=O) groups is 2. The molecule has 1 aliphatic carbocycles. The van der Waals surface area contributed by atoms with Crippen LogP contribution in [0.4, 0.5) is 10.5 Å². The fourth-order valence-electron chi connectivity index (χ4n) is 3.61. The van der Waals surface area contributed by atoms with Crippen LogP contribution in [0.5, 0.6) is 0 Å². The number of nitrogens with one attached hydrogen (secondary N) is 3. The lowest BCUT2D eigenvalue weighted by Crippen LogP contribution is -2.40. The molecular formula is C21H23N3O2. The van der Waals surface area contributed by atoms with Crippen molar-refractivity contribution in [2.45, 2.75) is 37.6 Å². The van der Waals surface area contributed by atoms with Gasteiger partial charge in [0.2, 0.25) is 5.91 Å². The van der Waals surface area contributed by atoms with Crippen LogP contribution in [-0.2, 0) is 16.6 Å². The summed E-state index contributed by atoms with van der Waals surface area (Å²) in [6.45, 7) is 2.60. The average Bonchev–Trinajstić information content (AvgIpc) is 3.34. The van der Waals surface area contributed by atoms with Gasteiger partial charge in [-0.3, -0.25) is 4.79 Å². The Kier molecular flexibility index (Phi) is 4.15. The van der Waals surface area contributed by atoms with Gasteiger partial charge in [-0.25, -0.2) is 4.79 Å². The third-order valence-corrected chi connectivity index (χ3v) is 5.43. The molecule has 1 unspecified atom stereocenters. The normalized spacial score (nSPS) is 17.8. The summed E-state index contributed by atoms with van der Waals surface area (Å²) in [5.74, 6) is 0.0196. The summed E-state index contributed by atoms with van der Waals surface area (Å²) >= 11 is 0. The topological polar surface area (TPSA) is 70.2 Å². The molecule has 0 bridgehead atoms. The molecule has 3 amide bonds. The number of urea groups is 1. The van der Waals surface area contributed by atoms with Crippen molar-refractivity contribution in [1.29, 1.82) is 0 Å². The second-order valence-corrected chi connectivity index (χ2v) is 7.34. The van der Waals surface area contributed by atoms with Crippen LogP contribution in [-0.4, -0.2) is 18.5 Å². The molecule has 1 heterocycles. The van der Waals surface area contributed by atoms with Crippen molar-refractivity contribution in [2.24, 2.45) is 0 Å². The van der Waals surface area contributed by atoms with Crippen LogP contribution in [0, 0.1) is 0 Å². The monoisotopic (exact) mass is 349 g/mol. The Morgan fingerprint density at radius 3 is 2.69 bits per heavy atom. The van der Waals surface area contributed by atoms with E-state index in [1.165, 1.54) is 5.56 Å². The Morgan fingerprint density at radius 1 is 1.19 bits per heavy atom. The van der Waals surface area contributed by atoms with Gasteiger partial charge in [-0.2, -0.15) is 0 Å². The van der Waals surface area contributed by atoms with Gasteiger partial charge in [0.25, 0.3) is 0 Å². The fraction of sp³-hybridized carbons (Fsp3) is 0.333. The van der Waals surface area contributed by atoms with Gasteiger partial charge in [0, 0.05) is 17.6 Å². The first-order chi connectivity index (χ1) is 12.6. The molecule has 1 saturated carbocycles. The highest BCUT2D eigenvalue weighted by atomic mass is 16.2. The van der Waals surface area contributed by atoms with E-state index in [0.717, 1.165) is 29.7 Å². The molecule has 134 valence electrons. The zero-order chi connectivity index (χ0) is 18.1. The first kappa shape index (κ1) is 16.6. The lowest BCUT2D eigenvalue weighted by molar-refractivity contribution is -0.115. The van der Waals surface area contributed by atoms with Crippen LogP contribution >= 0.6 is 0 Å². The Hall–Kier alpha value is -2.82. The van der Waals surface area contributed by atoms with Crippen LogP contribution < -0.4 is 16.0 Å². The lowest BCUT2D eigenvalue weighted by Gasteiger charge is -2.19. The van der Waals surface area contributed by atoms with E-state index in [0.29, 0.717) is 13.0 Å². The highest BCUT2D eigenvalue weighted by molar-refractivity contribution is 5.99. The summed E-state index contributed by atoms with van der Waals surface area (Å²) in [6, 6.07) is 15.9. The minimum Gasteiger partial charge on any atom is -0.337 e. The Labute approximate surface area is 153 Å². The van der Waals surface area contributed by atoms with Crippen LogP contribution in [0.25, 0.3) is 0 Å². The van der Waals surface area contributed by atoms with Crippen molar-refractivity contribution in [1.82, 2.24) is 10.6 Å². The van der Waals surface area contributed by atoms with Gasteiger partial charge >= 0.3 is 6.03 Å². The van der Waals surface area contributed by atoms with E-state index >= 15 is 0 Å². The first-order valence-corrected chi connectivity index (χ1v) is 9.08. The standard InChI is InChI=1S/C21H23N3O2/c1-14(15-7-8-18-16(11-15)12-19(25)24-18)23-20(26)22-13-21(9-10-21)17-5-3-2-4-6-17/h2-8,11,14H,9-10,12-13H2,1H3,(H,24,25)(H2,22,23,26). The summed E-state index contributed by atoms with van der Waals surface area (Å²) in [5, 5.41) is 8.85. The number of amides is 3. The number of benzene rings is 2. The third-order valence-electron chi connectivity index (χ3n) is 5.43. The molecule has 3 N–H and O–H groups in total. The van der Waals surface area contributed by atoms with Gasteiger partial charge in [-0.15, -0.1) is 0 Å². The van der Waals surface area contributed by atoms with E-state index in [-0.39, 0.29) is 23.4 Å². The number of fused-ring (bicyclic) bond motifs is 1.